The number of ether oxygens (including phenoxy) is 2. The van der Waals surface area contributed by atoms with Gasteiger partial charge in [-0.3, -0.25) is 4.79 Å². The highest BCUT2D eigenvalue weighted by Crippen LogP contribution is 2.23. The maximum atomic E-state index is 12.2. The van der Waals surface area contributed by atoms with E-state index in [1.807, 2.05) is 48.7 Å². The lowest BCUT2D eigenvalue weighted by molar-refractivity contribution is -0.115. The van der Waals surface area contributed by atoms with Crippen LogP contribution in [0.1, 0.15) is 16.3 Å². The molecule has 0 aliphatic carbocycles. The molecule has 1 heterocycles. The quantitative estimate of drug-likeness (QED) is 0.678. The zero-order chi connectivity index (χ0) is 18.4. The fourth-order valence-electron chi connectivity index (χ4n) is 2.38. The predicted octanol–water partition coefficient (Wildman–Crippen LogP) is 4.22. The van der Waals surface area contributed by atoms with Crippen molar-refractivity contribution >= 4 is 22.9 Å². The molecule has 0 bridgehead atoms. The van der Waals surface area contributed by atoms with Crippen LogP contribution in [-0.2, 0) is 17.8 Å². The van der Waals surface area contributed by atoms with E-state index in [4.69, 9.17) is 9.47 Å². The number of hydrogen-bond donors (Lipinski definition) is 1. The molecular weight excluding hydrogens is 348 g/mol. The highest BCUT2D eigenvalue weighted by molar-refractivity contribution is 7.09. The van der Waals surface area contributed by atoms with Crippen molar-refractivity contribution in [3.05, 3.63) is 70.2 Å². The topological polar surface area (TPSA) is 60.5 Å². The van der Waals surface area contributed by atoms with Gasteiger partial charge in [-0.1, -0.05) is 29.8 Å². The van der Waals surface area contributed by atoms with Crippen LogP contribution in [-0.4, -0.2) is 18.0 Å². The average molecular weight is 368 g/mol. The highest BCUT2D eigenvalue weighted by Gasteiger charge is 2.11. The van der Waals surface area contributed by atoms with Crippen molar-refractivity contribution < 1.29 is 14.3 Å². The molecule has 5 nitrogen and oxygen atoms in total. The van der Waals surface area contributed by atoms with Crippen LogP contribution in [0.4, 0.5) is 5.69 Å². The molecule has 3 rings (SSSR count). The van der Waals surface area contributed by atoms with Gasteiger partial charge in [0, 0.05) is 5.38 Å². The number of nitrogens with zero attached hydrogens (tertiary/aromatic N) is 1. The molecule has 0 radical (unpaired) electrons. The molecule has 1 N–H and O–H groups in total. The van der Waals surface area contributed by atoms with Gasteiger partial charge in [0.15, 0.2) is 0 Å². The molecule has 3 aromatic rings. The van der Waals surface area contributed by atoms with E-state index < -0.39 is 0 Å². The summed E-state index contributed by atoms with van der Waals surface area (Å²) in [7, 11) is 1.58. The molecule has 0 aliphatic rings. The first-order valence-corrected chi connectivity index (χ1v) is 9.07. The van der Waals surface area contributed by atoms with Gasteiger partial charge in [-0.15, -0.1) is 11.3 Å². The lowest BCUT2D eigenvalue weighted by Crippen LogP contribution is -2.15. The minimum atomic E-state index is -0.134. The van der Waals surface area contributed by atoms with E-state index in [1.54, 1.807) is 19.2 Å². The van der Waals surface area contributed by atoms with Crippen molar-refractivity contribution in [2.24, 2.45) is 0 Å². The van der Waals surface area contributed by atoms with E-state index in [9.17, 15) is 4.79 Å². The molecule has 0 aliphatic heterocycles. The summed E-state index contributed by atoms with van der Waals surface area (Å²) in [6.45, 7) is 2.43. The molecule has 0 atom stereocenters. The standard InChI is InChI=1S/C20H20N2O3S/c1-14-7-9-16(10-8-14)25-12-20-21-15(13-26-20)11-19(23)22-17-5-3-4-6-18(17)24-2/h3-10,13H,11-12H2,1-2H3,(H,22,23). The molecule has 0 saturated heterocycles. The average Bonchev–Trinajstić information content (AvgIpc) is 3.09. The Morgan fingerprint density at radius 3 is 2.69 bits per heavy atom. The predicted molar refractivity (Wildman–Crippen MR) is 103 cm³/mol. The summed E-state index contributed by atoms with van der Waals surface area (Å²) >= 11 is 1.49. The van der Waals surface area contributed by atoms with Crippen LogP contribution in [0.15, 0.2) is 53.9 Å². The van der Waals surface area contributed by atoms with Crippen molar-refractivity contribution in [3.8, 4) is 11.5 Å². The van der Waals surface area contributed by atoms with Crippen LogP contribution in [0, 0.1) is 6.92 Å². The van der Waals surface area contributed by atoms with Crippen LogP contribution in [0.2, 0.25) is 0 Å². The van der Waals surface area contributed by atoms with Crippen molar-refractivity contribution in [3.63, 3.8) is 0 Å². The van der Waals surface area contributed by atoms with Gasteiger partial charge >= 0.3 is 0 Å². The molecule has 0 spiro atoms. The second-order valence-corrected chi connectivity index (χ2v) is 6.70. The lowest BCUT2D eigenvalue weighted by atomic mass is 10.2. The minimum absolute atomic E-state index is 0.134. The Morgan fingerprint density at radius 1 is 1.15 bits per heavy atom. The fourth-order valence-corrected chi connectivity index (χ4v) is 3.09. The van der Waals surface area contributed by atoms with Gasteiger partial charge in [-0.2, -0.15) is 0 Å². The third-order valence-electron chi connectivity index (χ3n) is 3.71. The Hall–Kier alpha value is -2.86. The Morgan fingerprint density at radius 2 is 1.92 bits per heavy atom. The maximum Gasteiger partial charge on any atom is 0.230 e. The number of thiazole rings is 1. The van der Waals surface area contributed by atoms with Crippen LogP contribution in [0.3, 0.4) is 0 Å². The number of aromatic nitrogens is 1. The number of nitrogens with one attached hydrogen (secondary N) is 1. The van der Waals surface area contributed by atoms with Crippen molar-refractivity contribution in [2.75, 3.05) is 12.4 Å². The Kier molecular flexibility index (Phi) is 5.86. The van der Waals surface area contributed by atoms with Crippen LogP contribution < -0.4 is 14.8 Å². The van der Waals surface area contributed by atoms with Gasteiger partial charge in [0.2, 0.25) is 5.91 Å². The fraction of sp³-hybridized carbons (Fsp3) is 0.200. The summed E-state index contributed by atoms with van der Waals surface area (Å²) in [6.07, 6.45) is 0.207. The summed E-state index contributed by atoms with van der Waals surface area (Å²) in [6, 6.07) is 15.2. The zero-order valence-corrected chi connectivity index (χ0v) is 15.5. The number of anilines is 1. The number of rotatable bonds is 7. The number of carbonyl (C=O) groups is 1. The summed E-state index contributed by atoms with van der Waals surface area (Å²) in [5.41, 5.74) is 2.57. The monoisotopic (exact) mass is 368 g/mol. The molecule has 6 heteroatoms. The molecular formula is C20H20N2O3S. The van der Waals surface area contributed by atoms with Gasteiger partial charge in [0.05, 0.1) is 24.9 Å². The van der Waals surface area contributed by atoms with Crippen LogP contribution in [0.5, 0.6) is 11.5 Å². The van der Waals surface area contributed by atoms with Crippen molar-refractivity contribution in [1.29, 1.82) is 0 Å². The minimum Gasteiger partial charge on any atom is -0.495 e. The number of amides is 1. The van der Waals surface area contributed by atoms with E-state index in [2.05, 4.69) is 10.3 Å². The molecule has 2 aromatic carbocycles. The van der Waals surface area contributed by atoms with Gasteiger partial charge < -0.3 is 14.8 Å². The van der Waals surface area contributed by atoms with Gasteiger partial charge in [-0.25, -0.2) is 4.98 Å². The number of hydrogen-bond acceptors (Lipinski definition) is 5. The number of carbonyl (C=O) groups excluding carboxylic acids is 1. The van der Waals surface area contributed by atoms with Crippen molar-refractivity contribution in [2.45, 2.75) is 20.0 Å². The smallest absolute Gasteiger partial charge is 0.230 e. The van der Waals surface area contributed by atoms with E-state index in [1.165, 1.54) is 16.9 Å². The molecule has 26 heavy (non-hydrogen) atoms. The zero-order valence-electron chi connectivity index (χ0n) is 14.7. The Bertz CT molecular complexity index is 875. The largest absolute Gasteiger partial charge is 0.495 e. The summed E-state index contributed by atoms with van der Waals surface area (Å²) in [5.74, 6) is 1.30. The van der Waals surface area contributed by atoms with Gasteiger partial charge in [0.25, 0.3) is 0 Å². The molecule has 0 fully saturated rings. The molecule has 0 saturated carbocycles. The third-order valence-corrected chi connectivity index (χ3v) is 4.58. The van der Waals surface area contributed by atoms with E-state index in [-0.39, 0.29) is 12.3 Å². The second kappa shape index (κ2) is 8.49. The van der Waals surface area contributed by atoms with Gasteiger partial charge in [0.1, 0.15) is 23.1 Å². The first-order chi connectivity index (χ1) is 12.6. The lowest BCUT2D eigenvalue weighted by Gasteiger charge is -2.09. The van der Waals surface area contributed by atoms with Crippen LogP contribution >= 0.6 is 11.3 Å². The maximum absolute atomic E-state index is 12.2. The Labute approximate surface area is 156 Å². The number of para-hydroxylation sites is 2. The number of methoxy groups -OCH3 is 1. The molecule has 0 unspecified atom stereocenters. The third kappa shape index (κ3) is 4.83. The van der Waals surface area contributed by atoms with E-state index >= 15 is 0 Å². The Balaban J connectivity index is 1.54. The normalized spacial score (nSPS) is 10.4. The highest BCUT2D eigenvalue weighted by atomic mass is 32.1. The molecule has 134 valence electrons. The van der Waals surface area contributed by atoms with Crippen LogP contribution in [0.25, 0.3) is 0 Å². The molecule has 1 amide bonds. The first kappa shape index (κ1) is 17.9. The summed E-state index contributed by atoms with van der Waals surface area (Å²) in [4.78, 5) is 16.7. The molecule has 1 aromatic heterocycles. The second-order valence-electron chi connectivity index (χ2n) is 5.76. The number of aryl methyl sites for hydroxylation is 1. The first-order valence-electron chi connectivity index (χ1n) is 8.19. The SMILES string of the molecule is COc1ccccc1NC(=O)Cc1csc(COc2ccc(C)cc2)n1. The number of benzene rings is 2. The summed E-state index contributed by atoms with van der Waals surface area (Å²) < 4.78 is 11.0. The van der Waals surface area contributed by atoms with Crippen molar-refractivity contribution in [1.82, 2.24) is 4.98 Å². The van der Waals surface area contributed by atoms with Gasteiger partial charge in [-0.05, 0) is 31.2 Å². The van der Waals surface area contributed by atoms with E-state index in [0.717, 1.165) is 16.5 Å². The summed E-state index contributed by atoms with van der Waals surface area (Å²) in [5, 5.41) is 5.57. The van der Waals surface area contributed by atoms with E-state index in [0.29, 0.717) is 18.0 Å².